The van der Waals surface area contributed by atoms with Gasteiger partial charge in [0.25, 0.3) is 0 Å². The first kappa shape index (κ1) is 16.7. The molecule has 0 aromatic heterocycles. The molecule has 4 rings (SSSR count). The van der Waals surface area contributed by atoms with Crippen molar-refractivity contribution in [1.29, 1.82) is 0 Å². The molecule has 0 spiro atoms. The normalized spacial score (nSPS) is 50.2. The average molecular weight is 352 g/mol. The summed E-state index contributed by atoms with van der Waals surface area (Å²) in [5.41, 5.74) is -3.14. The average Bonchev–Trinajstić information content (AvgIpc) is 3.09. The summed E-state index contributed by atoms with van der Waals surface area (Å²) in [5.74, 6) is -2.12. The van der Waals surface area contributed by atoms with Crippen molar-refractivity contribution in [3.63, 3.8) is 0 Å². The van der Waals surface area contributed by atoms with Crippen LogP contribution in [-0.2, 0) is 33.7 Å². The first-order valence-corrected chi connectivity index (χ1v) is 8.14. The van der Waals surface area contributed by atoms with Gasteiger partial charge in [-0.1, -0.05) is 12.7 Å². The lowest BCUT2D eigenvalue weighted by molar-refractivity contribution is -0.413. The summed E-state index contributed by atoms with van der Waals surface area (Å²) in [6.07, 6.45) is 2.19. The Labute approximate surface area is 144 Å². The second kappa shape index (κ2) is 4.91. The monoisotopic (exact) mass is 352 g/mol. The molecule has 25 heavy (non-hydrogen) atoms. The topological polar surface area (TPSA) is 101 Å². The van der Waals surface area contributed by atoms with Gasteiger partial charge >= 0.3 is 11.9 Å². The summed E-state index contributed by atoms with van der Waals surface area (Å²) in [6, 6.07) is 0. The molecule has 1 N–H and O–H groups in total. The van der Waals surface area contributed by atoms with Crippen LogP contribution in [0, 0.1) is 11.8 Å². The lowest BCUT2D eigenvalue weighted by atomic mass is 9.71. The molecule has 2 bridgehead atoms. The second-order valence-corrected chi connectivity index (χ2v) is 7.55. The van der Waals surface area contributed by atoms with Crippen LogP contribution in [0.5, 0.6) is 0 Å². The third-order valence-corrected chi connectivity index (χ3v) is 6.03. The molecular weight excluding hydrogens is 332 g/mol. The Morgan fingerprint density at radius 2 is 2.08 bits per heavy atom. The van der Waals surface area contributed by atoms with Gasteiger partial charge in [0.15, 0.2) is 5.60 Å². The van der Waals surface area contributed by atoms with Crippen LogP contribution in [0.3, 0.4) is 0 Å². The van der Waals surface area contributed by atoms with Crippen LogP contribution in [0.4, 0.5) is 0 Å². The largest absolute Gasteiger partial charge is 0.462 e. The van der Waals surface area contributed by atoms with E-state index in [0.29, 0.717) is 0 Å². The third kappa shape index (κ3) is 1.90. The molecule has 1 saturated carbocycles. The van der Waals surface area contributed by atoms with Crippen LogP contribution in [0.15, 0.2) is 24.3 Å². The van der Waals surface area contributed by atoms with Crippen LogP contribution >= 0.6 is 0 Å². The van der Waals surface area contributed by atoms with Crippen molar-refractivity contribution in [3.05, 3.63) is 24.3 Å². The van der Waals surface area contributed by atoms with E-state index in [1.807, 2.05) is 6.08 Å². The van der Waals surface area contributed by atoms with E-state index in [1.54, 1.807) is 19.9 Å². The fraction of sp³-hybridized carbons (Fsp3) is 0.647. The number of hydrogen-bond donors (Lipinski definition) is 1. The molecule has 0 amide bonds. The number of hydrogen-bond acceptors (Lipinski definition) is 8. The van der Waals surface area contributed by atoms with Gasteiger partial charge in [-0.3, -0.25) is 10.1 Å². The summed E-state index contributed by atoms with van der Waals surface area (Å²) in [5, 5.41) is 9.71. The Bertz CT molecular complexity index is 701. The van der Waals surface area contributed by atoms with E-state index in [4.69, 9.17) is 24.1 Å². The van der Waals surface area contributed by atoms with Crippen LogP contribution in [0.25, 0.3) is 0 Å². The first-order valence-electron chi connectivity index (χ1n) is 8.14. The van der Waals surface area contributed by atoms with E-state index in [2.05, 4.69) is 6.58 Å². The Balaban J connectivity index is 1.88. The molecule has 0 aromatic rings. The van der Waals surface area contributed by atoms with Gasteiger partial charge in [0.05, 0.1) is 11.8 Å². The predicted molar refractivity (Wildman–Crippen MR) is 80.7 cm³/mol. The minimum atomic E-state index is -1.29. The van der Waals surface area contributed by atoms with Crippen molar-refractivity contribution >= 4 is 11.9 Å². The first-order chi connectivity index (χ1) is 11.7. The lowest BCUT2D eigenvalue weighted by Crippen LogP contribution is -2.57. The van der Waals surface area contributed by atoms with Crippen LogP contribution < -0.4 is 0 Å². The van der Waals surface area contributed by atoms with Crippen LogP contribution in [0.2, 0.25) is 0 Å². The minimum absolute atomic E-state index is 0.0696. The van der Waals surface area contributed by atoms with E-state index in [-0.39, 0.29) is 12.0 Å². The van der Waals surface area contributed by atoms with Crippen LogP contribution in [0.1, 0.15) is 27.2 Å². The molecule has 0 aromatic carbocycles. The molecule has 8 heteroatoms. The standard InChI is InChI=1S/C17H20O8/c1-8-11-10(21-9(2)18)7-16(4,23-20)17-6-5-15(3,24-25-17)13(17)12(11)22-14(8)19/h5-6,10-13,20H,1,7H2,2-4H3/t10-,11+,12-,13-,15+,16+,17-/m0/s1. The quantitative estimate of drug-likeness (QED) is 0.261. The number of carbonyl (C=O) groups is 2. The molecule has 2 aliphatic carbocycles. The molecule has 2 aliphatic heterocycles. The summed E-state index contributed by atoms with van der Waals surface area (Å²) in [7, 11) is 0. The SMILES string of the molecule is C=C1C(=O)O[C@H]2[C@H]1[C@@H](OC(C)=O)C[C@@](C)(OO)[C@@]13C=C[C@@](C)(OO1)[C@H]23. The molecule has 0 radical (unpaired) electrons. The molecule has 3 fully saturated rings. The third-order valence-electron chi connectivity index (χ3n) is 6.03. The molecule has 0 unspecified atom stereocenters. The summed E-state index contributed by atoms with van der Waals surface area (Å²) >= 11 is 0. The van der Waals surface area contributed by atoms with E-state index in [1.165, 1.54) is 6.92 Å². The zero-order valence-electron chi connectivity index (χ0n) is 14.2. The molecular formula is C17H20O8. The van der Waals surface area contributed by atoms with Gasteiger partial charge in [0, 0.05) is 18.9 Å². The molecule has 2 heterocycles. The fourth-order valence-electron chi connectivity index (χ4n) is 4.83. The highest BCUT2D eigenvalue weighted by atomic mass is 17.2. The van der Waals surface area contributed by atoms with Crippen molar-refractivity contribution in [2.24, 2.45) is 11.8 Å². The highest BCUT2D eigenvalue weighted by Gasteiger charge is 2.76. The Morgan fingerprint density at radius 1 is 1.36 bits per heavy atom. The smallest absolute Gasteiger partial charge is 0.334 e. The maximum absolute atomic E-state index is 12.2. The maximum atomic E-state index is 12.2. The highest BCUT2D eigenvalue weighted by Crippen LogP contribution is 2.62. The van der Waals surface area contributed by atoms with Gasteiger partial charge in [-0.2, -0.15) is 0 Å². The summed E-state index contributed by atoms with van der Waals surface area (Å²) in [4.78, 5) is 39.8. The van der Waals surface area contributed by atoms with Gasteiger partial charge in [0.1, 0.15) is 23.4 Å². The minimum Gasteiger partial charge on any atom is -0.462 e. The Hall–Kier alpha value is -1.74. The number of ether oxygens (including phenoxy) is 2. The van der Waals surface area contributed by atoms with E-state index >= 15 is 0 Å². The van der Waals surface area contributed by atoms with Crippen molar-refractivity contribution in [3.8, 4) is 0 Å². The van der Waals surface area contributed by atoms with Gasteiger partial charge < -0.3 is 9.47 Å². The second-order valence-electron chi connectivity index (χ2n) is 7.55. The van der Waals surface area contributed by atoms with Crippen LogP contribution in [-0.4, -0.2) is 46.2 Å². The maximum Gasteiger partial charge on any atom is 0.334 e. The van der Waals surface area contributed by atoms with E-state index in [0.717, 1.165) is 0 Å². The summed E-state index contributed by atoms with van der Waals surface area (Å²) < 4.78 is 11.1. The number of carbonyl (C=O) groups excluding carboxylic acids is 2. The van der Waals surface area contributed by atoms with Crippen molar-refractivity contribution < 1.29 is 39.0 Å². The van der Waals surface area contributed by atoms with E-state index < -0.39 is 52.8 Å². The highest BCUT2D eigenvalue weighted by molar-refractivity contribution is 5.91. The van der Waals surface area contributed by atoms with Gasteiger partial charge in [-0.25, -0.2) is 19.5 Å². The van der Waals surface area contributed by atoms with E-state index in [9.17, 15) is 14.8 Å². The van der Waals surface area contributed by atoms with Gasteiger partial charge in [-0.05, 0) is 19.9 Å². The number of rotatable bonds is 2. The number of fused-ring (bicyclic) bond motifs is 1. The fourth-order valence-corrected chi connectivity index (χ4v) is 4.83. The van der Waals surface area contributed by atoms with Crippen molar-refractivity contribution in [2.75, 3.05) is 0 Å². The summed E-state index contributed by atoms with van der Waals surface area (Å²) in [6.45, 7) is 8.56. The predicted octanol–water partition coefficient (Wildman–Crippen LogP) is 1.31. The zero-order chi connectivity index (χ0) is 18.2. The zero-order valence-corrected chi connectivity index (χ0v) is 14.2. The molecule has 136 valence electrons. The lowest BCUT2D eigenvalue weighted by Gasteiger charge is -2.41. The Morgan fingerprint density at radius 3 is 2.64 bits per heavy atom. The Kier molecular flexibility index (Phi) is 3.28. The number of esters is 2. The molecule has 4 aliphatic rings. The molecule has 7 atom stereocenters. The van der Waals surface area contributed by atoms with Gasteiger partial charge in [0.2, 0.25) is 0 Å². The van der Waals surface area contributed by atoms with Gasteiger partial charge in [-0.15, -0.1) is 0 Å². The molecule has 2 saturated heterocycles. The van der Waals surface area contributed by atoms with Crippen molar-refractivity contribution in [1.82, 2.24) is 0 Å². The molecule has 8 nitrogen and oxygen atoms in total. The van der Waals surface area contributed by atoms with Crippen molar-refractivity contribution in [2.45, 2.75) is 56.2 Å².